The molecule has 0 saturated carbocycles. The molecular formula is C10H14N4O2. The molecule has 1 aliphatic heterocycles. The van der Waals surface area contributed by atoms with Gasteiger partial charge in [-0.3, -0.25) is 15.1 Å². The minimum atomic E-state index is -0.416. The Kier molecular flexibility index (Phi) is 2.74. The van der Waals surface area contributed by atoms with Crippen LogP contribution in [0.25, 0.3) is 0 Å². The highest BCUT2D eigenvalue weighted by Crippen LogP contribution is 2.27. The zero-order valence-corrected chi connectivity index (χ0v) is 9.06. The van der Waals surface area contributed by atoms with Gasteiger partial charge < -0.3 is 10.6 Å². The van der Waals surface area contributed by atoms with Crippen LogP contribution in [0.3, 0.4) is 0 Å². The van der Waals surface area contributed by atoms with E-state index in [-0.39, 0.29) is 11.2 Å². The third-order valence-corrected chi connectivity index (χ3v) is 2.80. The fourth-order valence-electron chi connectivity index (χ4n) is 1.89. The van der Waals surface area contributed by atoms with Crippen LogP contribution in [0.4, 0.5) is 11.4 Å². The van der Waals surface area contributed by atoms with Crippen molar-refractivity contribution in [2.75, 3.05) is 18.4 Å². The molecule has 1 saturated heterocycles. The van der Waals surface area contributed by atoms with Gasteiger partial charge in [-0.1, -0.05) is 0 Å². The molecule has 6 nitrogen and oxygen atoms in total. The van der Waals surface area contributed by atoms with Crippen LogP contribution in [0.15, 0.2) is 18.5 Å². The highest BCUT2D eigenvalue weighted by Gasteiger charge is 2.30. The van der Waals surface area contributed by atoms with Gasteiger partial charge in [0.15, 0.2) is 0 Å². The third-order valence-electron chi connectivity index (χ3n) is 2.80. The Labute approximate surface area is 93.2 Å². The minimum Gasteiger partial charge on any atom is -0.373 e. The van der Waals surface area contributed by atoms with Crippen LogP contribution in [0, 0.1) is 10.1 Å². The molecule has 1 aromatic rings. The molecule has 1 unspecified atom stereocenters. The minimum absolute atomic E-state index is 0.0237. The van der Waals surface area contributed by atoms with Gasteiger partial charge in [0.2, 0.25) is 0 Å². The van der Waals surface area contributed by atoms with Crippen LogP contribution < -0.4 is 10.6 Å². The summed E-state index contributed by atoms with van der Waals surface area (Å²) in [6.45, 7) is 3.80. The lowest BCUT2D eigenvalue weighted by atomic mass is 10.0. The van der Waals surface area contributed by atoms with Crippen molar-refractivity contribution >= 4 is 11.4 Å². The smallest absolute Gasteiger partial charge is 0.310 e. The van der Waals surface area contributed by atoms with E-state index in [2.05, 4.69) is 22.5 Å². The number of hydrogen-bond donors (Lipinski definition) is 2. The lowest BCUT2D eigenvalue weighted by molar-refractivity contribution is -0.384. The SMILES string of the molecule is CC1(Nc2ccncc2[N+](=O)[O-])CCNC1. The van der Waals surface area contributed by atoms with Crippen LogP contribution in [0.2, 0.25) is 0 Å². The summed E-state index contributed by atoms with van der Waals surface area (Å²) in [5.41, 5.74) is 0.438. The summed E-state index contributed by atoms with van der Waals surface area (Å²) in [6, 6.07) is 1.64. The fourth-order valence-corrected chi connectivity index (χ4v) is 1.89. The summed E-state index contributed by atoms with van der Waals surface area (Å²) in [7, 11) is 0. The Morgan fingerprint density at radius 2 is 2.50 bits per heavy atom. The highest BCUT2D eigenvalue weighted by atomic mass is 16.6. The number of nitrogens with zero attached hydrogens (tertiary/aromatic N) is 2. The molecule has 2 heterocycles. The first-order valence-corrected chi connectivity index (χ1v) is 5.18. The average molecular weight is 222 g/mol. The number of nitrogens with one attached hydrogen (secondary N) is 2. The van der Waals surface area contributed by atoms with Crippen LogP contribution in [-0.4, -0.2) is 28.5 Å². The van der Waals surface area contributed by atoms with Gasteiger partial charge in [-0.25, -0.2) is 0 Å². The number of pyridine rings is 1. The molecule has 2 N–H and O–H groups in total. The van der Waals surface area contributed by atoms with Gasteiger partial charge in [0.1, 0.15) is 11.9 Å². The molecule has 0 radical (unpaired) electrons. The van der Waals surface area contributed by atoms with Gasteiger partial charge in [0, 0.05) is 18.3 Å². The molecule has 1 aliphatic rings. The Bertz CT molecular complexity index is 402. The van der Waals surface area contributed by atoms with E-state index in [9.17, 15) is 10.1 Å². The highest BCUT2D eigenvalue weighted by molar-refractivity contribution is 5.61. The van der Waals surface area contributed by atoms with Crippen molar-refractivity contribution in [3.8, 4) is 0 Å². The zero-order valence-electron chi connectivity index (χ0n) is 9.06. The van der Waals surface area contributed by atoms with Crippen molar-refractivity contribution in [3.63, 3.8) is 0 Å². The lowest BCUT2D eigenvalue weighted by Gasteiger charge is -2.25. The maximum absolute atomic E-state index is 10.8. The van der Waals surface area contributed by atoms with E-state index >= 15 is 0 Å². The fraction of sp³-hybridized carbons (Fsp3) is 0.500. The molecule has 0 bridgehead atoms. The first kappa shape index (κ1) is 10.8. The Morgan fingerprint density at radius 1 is 1.69 bits per heavy atom. The van der Waals surface area contributed by atoms with E-state index in [0.29, 0.717) is 5.69 Å². The van der Waals surface area contributed by atoms with Gasteiger partial charge in [-0.05, 0) is 26.0 Å². The first-order valence-electron chi connectivity index (χ1n) is 5.18. The van der Waals surface area contributed by atoms with E-state index in [4.69, 9.17) is 0 Å². The lowest BCUT2D eigenvalue weighted by Crippen LogP contribution is -2.37. The van der Waals surface area contributed by atoms with Crippen molar-refractivity contribution in [1.29, 1.82) is 0 Å². The standard InChI is InChI=1S/C10H14N4O2/c1-10(3-5-12-7-10)13-8-2-4-11-6-9(8)14(15)16/h2,4,6,12H,3,5,7H2,1H3,(H,11,13). The van der Waals surface area contributed by atoms with Crippen molar-refractivity contribution in [1.82, 2.24) is 10.3 Å². The number of nitro groups is 1. The van der Waals surface area contributed by atoms with Crippen LogP contribution in [0.5, 0.6) is 0 Å². The van der Waals surface area contributed by atoms with Gasteiger partial charge in [-0.2, -0.15) is 0 Å². The number of rotatable bonds is 3. The topological polar surface area (TPSA) is 80.1 Å². The summed E-state index contributed by atoms with van der Waals surface area (Å²) < 4.78 is 0. The molecule has 1 atom stereocenters. The maximum atomic E-state index is 10.8. The first-order chi connectivity index (χ1) is 7.61. The summed E-state index contributed by atoms with van der Waals surface area (Å²) in [5.74, 6) is 0. The Balaban J connectivity index is 2.23. The van der Waals surface area contributed by atoms with Crippen LogP contribution >= 0.6 is 0 Å². The maximum Gasteiger partial charge on any atom is 0.310 e. The summed E-state index contributed by atoms with van der Waals surface area (Å²) in [5, 5.41) is 17.3. The molecule has 86 valence electrons. The molecule has 0 spiro atoms. The normalized spacial score (nSPS) is 24.3. The van der Waals surface area contributed by atoms with Crippen LogP contribution in [0.1, 0.15) is 13.3 Å². The Hall–Kier alpha value is -1.69. The van der Waals surface area contributed by atoms with Crippen molar-refractivity contribution < 1.29 is 4.92 Å². The predicted octanol–water partition coefficient (Wildman–Crippen LogP) is 1.15. The van der Waals surface area contributed by atoms with Crippen molar-refractivity contribution in [2.45, 2.75) is 18.9 Å². The molecule has 0 aliphatic carbocycles. The second-order valence-electron chi connectivity index (χ2n) is 4.26. The molecule has 0 amide bonds. The van der Waals surface area contributed by atoms with Crippen molar-refractivity contribution in [3.05, 3.63) is 28.6 Å². The largest absolute Gasteiger partial charge is 0.373 e. The van der Waals surface area contributed by atoms with E-state index in [0.717, 1.165) is 19.5 Å². The van der Waals surface area contributed by atoms with E-state index in [1.807, 2.05) is 0 Å². The summed E-state index contributed by atoms with van der Waals surface area (Å²) >= 11 is 0. The van der Waals surface area contributed by atoms with E-state index in [1.165, 1.54) is 6.20 Å². The number of anilines is 1. The van der Waals surface area contributed by atoms with Gasteiger partial charge in [0.05, 0.1) is 4.92 Å². The van der Waals surface area contributed by atoms with Crippen molar-refractivity contribution in [2.24, 2.45) is 0 Å². The molecule has 6 heteroatoms. The summed E-state index contributed by atoms with van der Waals surface area (Å²) in [6.07, 6.45) is 3.78. The van der Waals surface area contributed by atoms with Crippen LogP contribution in [-0.2, 0) is 0 Å². The molecule has 2 rings (SSSR count). The second kappa shape index (κ2) is 4.05. The number of aromatic nitrogens is 1. The molecular weight excluding hydrogens is 208 g/mol. The monoisotopic (exact) mass is 222 g/mol. The molecule has 0 aromatic carbocycles. The second-order valence-corrected chi connectivity index (χ2v) is 4.26. The van der Waals surface area contributed by atoms with Gasteiger partial charge >= 0.3 is 5.69 Å². The van der Waals surface area contributed by atoms with E-state index in [1.54, 1.807) is 12.3 Å². The third kappa shape index (κ3) is 2.11. The Morgan fingerprint density at radius 3 is 3.12 bits per heavy atom. The molecule has 1 aromatic heterocycles. The molecule has 1 fully saturated rings. The van der Waals surface area contributed by atoms with E-state index < -0.39 is 4.92 Å². The predicted molar refractivity (Wildman–Crippen MR) is 60.4 cm³/mol. The average Bonchev–Trinajstić information content (AvgIpc) is 2.65. The quantitative estimate of drug-likeness (QED) is 0.592. The summed E-state index contributed by atoms with van der Waals surface area (Å²) in [4.78, 5) is 14.2. The zero-order chi connectivity index (χ0) is 11.6. The number of hydrogen-bond acceptors (Lipinski definition) is 5. The van der Waals surface area contributed by atoms with Gasteiger partial charge in [-0.15, -0.1) is 0 Å². The molecule has 16 heavy (non-hydrogen) atoms. The van der Waals surface area contributed by atoms with Gasteiger partial charge in [0.25, 0.3) is 0 Å².